The van der Waals surface area contributed by atoms with Gasteiger partial charge in [0.1, 0.15) is 18.2 Å². The van der Waals surface area contributed by atoms with Gasteiger partial charge in [-0.25, -0.2) is 9.38 Å². The van der Waals surface area contributed by atoms with Crippen LogP contribution in [0.4, 0.5) is 9.39 Å². The summed E-state index contributed by atoms with van der Waals surface area (Å²) in [6, 6.07) is 10.9. The van der Waals surface area contributed by atoms with Gasteiger partial charge in [-0.2, -0.15) is 0 Å². The number of piperidine rings is 1. The Kier molecular flexibility index (Phi) is 9.83. The first kappa shape index (κ1) is 22.7. The number of aliphatic imine (C=N–C) groups is 1. The molecule has 1 saturated heterocycles. The highest BCUT2D eigenvalue weighted by Gasteiger charge is 2.20. The van der Waals surface area contributed by atoms with E-state index in [0.29, 0.717) is 24.9 Å². The van der Waals surface area contributed by atoms with Crippen molar-refractivity contribution < 1.29 is 9.13 Å². The normalized spacial score (nSPS) is 15.1. The summed E-state index contributed by atoms with van der Waals surface area (Å²) in [6.07, 6.45) is 2.17. The molecule has 1 aromatic carbocycles. The van der Waals surface area contributed by atoms with Gasteiger partial charge in [-0.15, -0.1) is 35.3 Å². The molecule has 0 aliphatic carbocycles. The van der Waals surface area contributed by atoms with Crippen LogP contribution in [0.5, 0.6) is 5.75 Å². The number of nitrogens with zero attached hydrogens (tertiary/aromatic N) is 2. The summed E-state index contributed by atoms with van der Waals surface area (Å²) in [6.45, 7) is 5.90. The Morgan fingerprint density at radius 3 is 2.79 bits per heavy atom. The van der Waals surface area contributed by atoms with E-state index in [2.05, 4.69) is 45.0 Å². The van der Waals surface area contributed by atoms with Crippen LogP contribution in [0.1, 0.15) is 19.8 Å². The van der Waals surface area contributed by atoms with Gasteiger partial charge in [-0.3, -0.25) is 0 Å². The highest BCUT2D eigenvalue weighted by molar-refractivity contribution is 14.0. The second kappa shape index (κ2) is 12.1. The van der Waals surface area contributed by atoms with Crippen LogP contribution in [-0.4, -0.2) is 44.8 Å². The summed E-state index contributed by atoms with van der Waals surface area (Å²) < 4.78 is 18.7. The highest BCUT2D eigenvalue weighted by atomic mass is 127. The molecule has 1 aliphatic rings. The van der Waals surface area contributed by atoms with Crippen molar-refractivity contribution in [1.29, 1.82) is 0 Å². The third-order valence-corrected chi connectivity index (χ3v) is 5.35. The molecule has 1 fully saturated rings. The molecule has 0 atom stereocenters. The SMILES string of the molecule is CCNC(=NCCOc1cccc(F)c1)NC1CCN(c2cccs2)CC1.I. The van der Waals surface area contributed by atoms with Gasteiger partial charge in [0.2, 0.25) is 0 Å². The summed E-state index contributed by atoms with van der Waals surface area (Å²) in [4.78, 5) is 7.02. The molecule has 0 saturated carbocycles. The molecule has 0 spiro atoms. The second-order valence-corrected chi connectivity index (χ2v) is 7.35. The number of guanidine groups is 1. The van der Waals surface area contributed by atoms with Crippen molar-refractivity contribution in [3.63, 3.8) is 0 Å². The smallest absolute Gasteiger partial charge is 0.191 e. The van der Waals surface area contributed by atoms with E-state index >= 15 is 0 Å². The summed E-state index contributed by atoms with van der Waals surface area (Å²) in [5.74, 6) is 1.05. The predicted octanol–water partition coefficient (Wildman–Crippen LogP) is 4.11. The van der Waals surface area contributed by atoms with E-state index in [4.69, 9.17) is 4.74 Å². The first-order valence-corrected chi connectivity index (χ1v) is 10.3. The molecule has 2 N–H and O–H groups in total. The Balaban J connectivity index is 0.00000280. The third-order valence-electron chi connectivity index (χ3n) is 4.42. The van der Waals surface area contributed by atoms with Crippen LogP contribution in [0.15, 0.2) is 46.8 Å². The van der Waals surface area contributed by atoms with Crippen LogP contribution in [0, 0.1) is 5.82 Å². The number of ether oxygens (including phenoxy) is 1. The zero-order chi connectivity index (χ0) is 18.9. The van der Waals surface area contributed by atoms with Crippen molar-refractivity contribution in [2.45, 2.75) is 25.8 Å². The summed E-state index contributed by atoms with van der Waals surface area (Å²) in [7, 11) is 0. The molecule has 1 aliphatic heterocycles. The maximum Gasteiger partial charge on any atom is 0.191 e. The number of hydrogen-bond acceptors (Lipinski definition) is 4. The van der Waals surface area contributed by atoms with E-state index in [1.54, 1.807) is 23.5 Å². The molecule has 5 nitrogen and oxygen atoms in total. The van der Waals surface area contributed by atoms with Crippen LogP contribution >= 0.6 is 35.3 Å². The van der Waals surface area contributed by atoms with Gasteiger partial charge in [0, 0.05) is 31.7 Å². The molecule has 1 aromatic heterocycles. The van der Waals surface area contributed by atoms with E-state index in [9.17, 15) is 4.39 Å². The first-order chi connectivity index (χ1) is 13.2. The summed E-state index contributed by atoms with van der Waals surface area (Å²) in [5.41, 5.74) is 0. The molecule has 8 heteroatoms. The largest absolute Gasteiger partial charge is 0.492 e. The van der Waals surface area contributed by atoms with Crippen LogP contribution in [0.25, 0.3) is 0 Å². The topological polar surface area (TPSA) is 48.9 Å². The minimum Gasteiger partial charge on any atom is -0.492 e. The molecule has 2 heterocycles. The van der Waals surface area contributed by atoms with Crippen LogP contribution < -0.4 is 20.3 Å². The Morgan fingerprint density at radius 1 is 1.29 bits per heavy atom. The number of anilines is 1. The van der Waals surface area contributed by atoms with Gasteiger partial charge in [-0.1, -0.05) is 6.07 Å². The average molecular weight is 518 g/mol. The van der Waals surface area contributed by atoms with Gasteiger partial charge in [0.25, 0.3) is 0 Å². The molecule has 2 aromatic rings. The fraction of sp³-hybridized carbons (Fsp3) is 0.450. The summed E-state index contributed by atoms with van der Waals surface area (Å²) in [5, 5.41) is 10.3. The van der Waals surface area contributed by atoms with Gasteiger partial charge < -0.3 is 20.3 Å². The van der Waals surface area contributed by atoms with E-state index in [1.165, 1.54) is 17.1 Å². The lowest BCUT2D eigenvalue weighted by molar-refractivity contribution is 0.326. The van der Waals surface area contributed by atoms with Crippen molar-refractivity contribution in [2.75, 3.05) is 37.7 Å². The van der Waals surface area contributed by atoms with E-state index in [-0.39, 0.29) is 29.8 Å². The number of thiophene rings is 1. The fourth-order valence-electron chi connectivity index (χ4n) is 3.09. The highest BCUT2D eigenvalue weighted by Crippen LogP contribution is 2.24. The predicted molar refractivity (Wildman–Crippen MR) is 126 cm³/mol. The lowest BCUT2D eigenvalue weighted by Crippen LogP contribution is -2.48. The van der Waals surface area contributed by atoms with Gasteiger partial charge >= 0.3 is 0 Å². The zero-order valence-corrected chi connectivity index (χ0v) is 19.2. The number of nitrogens with one attached hydrogen (secondary N) is 2. The number of hydrogen-bond donors (Lipinski definition) is 2. The molecule has 154 valence electrons. The Labute approximate surface area is 187 Å². The number of benzene rings is 1. The van der Waals surface area contributed by atoms with Crippen molar-refractivity contribution in [2.24, 2.45) is 4.99 Å². The third kappa shape index (κ3) is 7.12. The molecule has 0 bridgehead atoms. The van der Waals surface area contributed by atoms with Gasteiger partial charge in [-0.05, 0) is 49.4 Å². The maximum atomic E-state index is 13.2. The van der Waals surface area contributed by atoms with Gasteiger partial charge in [0.05, 0.1) is 11.5 Å². The van der Waals surface area contributed by atoms with Crippen molar-refractivity contribution >= 4 is 46.3 Å². The average Bonchev–Trinajstić information content (AvgIpc) is 3.21. The van der Waals surface area contributed by atoms with Gasteiger partial charge in [0.15, 0.2) is 5.96 Å². The monoisotopic (exact) mass is 518 g/mol. The van der Waals surface area contributed by atoms with Crippen molar-refractivity contribution in [3.8, 4) is 5.75 Å². The molecule has 0 unspecified atom stereocenters. The minimum atomic E-state index is -0.292. The second-order valence-electron chi connectivity index (χ2n) is 6.42. The first-order valence-electron chi connectivity index (χ1n) is 9.46. The Hall–Kier alpha value is -1.55. The maximum absolute atomic E-state index is 13.2. The lowest BCUT2D eigenvalue weighted by atomic mass is 10.1. The van der Waals surface area contributed by atoms with Crippen LogP contribution in [-0.2, 0) is 0 Å². The molecule has 0 radical (unpaired) electrons. The fourth-order valence-corrected chi connectivity index (χ4v) is 3.87. The Bertz CT molecular complexity index is 721. The standard InChI is InChI=1S/C20H27FN4OS.HI/c1-2-22-20(23-10-13-26-18-6-3-5-16(21)15-18)24-17-8-11-25(12-9-17)19-7-4-14-27-19;/h3-7,14-15,17H,2,8-13H2,1H3,(H2,22,23,24);1H. The van der Waals surface area contributed by atoms with Crippen LogP contribution in [0.3, 0.4) is 0 Å². The van der Waals surface area contributed by atoms with E-state index < -0.39 is 0 Å². The molecule has 28 heavy (non-hydrogen) atoms. The summed E-state index contributed by atoms with van der Waals surface area (Å²) >= 11 is 1.80. The molecular formula is C20H28FIN4OS. The molecule has 0 amide bonds. The van der Waals surface area contributed by atoms with Crippen molar-refractivity contribution in [3.05, 3.63) is 47.6 Å². The quantitative estimate of drug-likeness (QED) is 0.251. The molecular weight excluding hydrogens is 490 g/mol. The molecule has 3 rings (SSSR count). The van der Waals surface area contributed by atoms with E-state index in [0.717, 1.165) is 38.4 Å². The van der Waals surface area contributed by atoms with Crippen molar-refractivity contribution in [1.82, 2.24) is 10.6 Å². The van der Waals surface area contributed by atoms with E-state index in [1.807, 2.05) is 0 Å². The minimum absolute atomic E-state index is 0. The van der Waals surface area contributed by atoms with Crippen LogP contribution in [0.2, 0.25) is 0 Å². The zero-order valence-electron chi connectivity index (χ0n) is 16.1. The number of rotatable bonds is 7. The Morgan fingerprint density at radius 2 is 2.11 bits per heavy atom. The number of halogens is 2. The lowest BCUT2D eigenvalue weighted by Gasteiger charge is -2.33.